The Kier molecular flexibility index (Phi) is 12.2. The number of carbonyl (C=O) groups excluding carboxylic acids is 2. The predicted octanol–water partition coefficient (Wildman–Crippen LogP) is 4.69. The van der Waals surface area contributed by atoms with Gasteiger partial charge in [0.25, 0.3) is 0 Å². The maximum Gasteiger partial charge on any atom is 0.303 e. The molecule has 1 saturated carbocycles. The van der Waals surface area contributed by atoms with Crippen molar-refractivity contribution in [3.63, 3.8) is 0 Å². The SMILES string of the molecule is CCCCCC(=O)CC[C@H]1[C@H](O)CC(=O)[C@@H]1CCCCCCCCC(=O)O. The van der Waals surface area contributed by atoms with Crippen molar-refractivity contribution in [2.75, 3.05) is 0 Å². The number of Topliss-reactive ketones (excluding diaryl/α,β-unsaturated/α-hetero) is 2. The maximum atomic E-state index is 12.2. The number of aliphatic hydroxyl groups excluding tert-OH is 1. The van der Waals surface area contributed by atoms with E-state index in [0.29, 0.717) is 19.3 Å². The molecule has 27 heavy (non-hydrogen) atoms. The third-order valence-corrected chi connectivity index (χ3v) is 5.81. The molecule has 0 aromatic heterocycles. The van der Waals surface area contributed by atoms with E-state index in [1.165, 1.54) is 0 Å². The second kappa shape index (κ2) is 13.9. The van der Waals surface area contributed by atoms with Crippen molar-refractivity contribution in [2.45, 2.75) is 109 Å². The van der Waals surface area contributed by atoms with Gasteiger partial charge in [-0.25, -0.2) is 0 Å². The van der Waals surface area contributed by atoms with E-state index in [0.717, 1.165) is 64.2 Å². The average molecular weight is 383 g/mol. The molecule has 0 aromatic rings. The van der Waals surface area contributed by atoms with Gasteiger partial charge < -0.3 is 10.2 Å². The van der Waals surface area contributed by atoms with Crippen LogP contribution in [0.3, 0.4) is 0 Å². The number of rotatable bonds is 16. The highest BCUT2D eigenvalue weighted by Crippen LogP contribution is 2.36. The molecule has 0 bridgehead atoms. The molecule has 1 aliphatic carbocycles. The number of unbranched alkanes of at least 4 members (excludes halogenated alkanes) is 7. The summed E-state index contributed by atoms with van der Waals surface area (Å²) in [5.41, 5.74) is 0. The fraction of sp³-hybridized carbons (Fsp3) is 0.864. The van der Waals surface area contributed by atoms with Crippen LogP contribution in [0.1, 0.15) is 103 Å². The summed E-state index contributed by atoms with van der Waals surface area (Å²) in [5, 5.41) is 18.8. The summed E-state index contributed by atoms with van der Waals surface area (Å²) in [7, 11) is 0. The van der Waals surface area contributed by atoms with Crippen molar-refractivity contribution < 1.29 is 24.6 Å². The summed E-state index contributed by atoms with van der Waals surface area (Å²) < 4.78 is 0. The number of aliphatic hydroxyl groups is 1. The largest absolute Gasteiger partial charge is 0.481 e. The summed E-state index contributed by atoms with van der Waals surface area (Å²) in [4.78, 5) is 34.7. The summed E-state index contributed by atoms with van der Waals surface area (Å²) in [5.74, 6) is -0.454. The van der Waals surface area contributed by atoms with Crippen LogP contribution in [0.15, 0.2) is 0 Å². The summed E-state index contributed by atoms with van der Waals surface area (Å²) in [6, 6.07) is 0. The van der Waals surface area contributed by atoms with Gasteiger partial charge in [-0.05, 0) is 31.6 Å². The molecule has 5 nitrogen and oxygen atoms in total. The van der Waals surface area contributed by atoms with Crippen LogP contribution in [0, 0.1) is 11.8 Å². The van der Waals surface area contributed by atoms with E-state index in [1.54, 1.807) is 0 Å². The van der Waals surface area contributed by atoms with Gasteiger partial charge in [-0.1, -0.05) is 51.9 Å². The van der Waals surface area contributed by atoms with Gasteiger partial charge in [0.05, 0.1) is 6.10 Å². The zero-order valence-electron chi connectivity index (χ0n) is 17.0. The Balaban J connectivity index is 2.23. The Morgan fingerprint density at radius 1 is 0.889 bits per heavy atom. The Bertz CT molecular complexity index is 460. The third kappa shape index (κ3) is 10.0. The van der Waals surface area contributed by atoms with Crippen LogP contribution >= 0.6 is 0 Å². The first kappa shape index (κ1) is 23.8. The van der Waals surface area contributed by atoms with E-state index in [1.807, 2.05) is 0 Å². The zero-order chi connectivity index (χ0) is 20.1. The van der Waals surface area contributed by atoms with Gasteiger partial charge in [0.15, 0.2) is 0 Å². The lowest BCUT2D eigenvalue weighted by Crippen LogP contribution is -2.21. The molecule has 0 amide bonds. The first-order chi connectivity index (χ1) is 13.0. The van der Waals surface area contributed by atoms with Crippen molar-refractivity contribution in [3.8, 4) is 0 Å². The number of carboxylic acid groups (broad SMARTS) is 1. The van der Waals surface area contributed by atoms with Gasteiger partial charge in [-0.15, -0.1) is 0 Å². The number of hydrogen-bond donors (Lipinski definition) is 2. The molecule has 1 rings (SSSR count). The summed E-state index contributed by atoms with van der Waals surface area (Å²) in [6.07, 6.45) is 11.3. The Morgan fingerprint density at radius 2 is 1.52 bits per heavy atom. The molecule has 2 N–H and O–H groups in total. The van der Waals surface area contributed by atoms with E-state index >= 15 is 0 Å². The normalized spacial score (nSPS) is 22.3. The van der Waals surface area contributed by atoms with Crippen molar-refractivity contribution in [2.24, 2.45) is 11.8 Å². The molecule has 1 fully saturated rings. The zero-order valence-corrected chi connectivity index (χ0v) is 17.0. The van der Waals surface area contributed by atoms with Crippen LogP contribution in [0.2, 0.25) is 0 Å². The molecule has 0 aromatic carbocycles. The van der Waals surface area contributed by atoms with Gasteiger partial charge in [0.2, 0.25) is 0 Å². The molecule has 1 aliphatic rings. The monoisotopic (exact) mass is 382 g/mol. The summed E-state index contributed by atoms with van der Waals surface area (Å²) in [6.45, 7) is 2.12. The van der Waals surface area contributed by atoms with E-state index in [2.05, 4.69) is 6.92 Å². The fourth-order valence-electron chi connectivity index (χ4n) is 4.16. The topological polar surface area (TPSA) is 91.7 Å². The smallest absolute Gasteiger partial charge is 0.303 e. The highest BCUT2D eigenvalue weighted by molar-refractivity contribution is 5.84. The number of aliphatic carboxylic acids is 1. The maximum absolute atomic E-state index is 12.2. The number of hydrogen-bond acceptors (Lipinski definition) is 4. The van der Waals surface area contributed by atoms with Crippen LogP contribution in [-0.4, -0.2) is 33.9 Å². The van der Waals surface area contributed by atoms with Crippen LogP contribution in [0.5, 0.6) is 0 Å². The first-order valence-corrected chi connectivity index (χ1v) is 10.9. The molecule has 0 unspecified atom stereocenters. The lowest BCUT2D eigenvalue weighted by Gasteiger charge is -2.20. The Hall–Kier alpha value is -1.23. The fourth-order valence-corrected chi connectivity index (χ4v) is 4.16. The highest BCUT2D eigenvalue weighted by Gasteiger charge is 2.40. The molecule has 0 spiro atoms. The molecule has 5 heteroatoms. The van der Waals surface area contributed by atoms with E-state index in [9.17, 15) is 19.5 Å². The van der Waals surface area contributed by atoms with Gasteiger partial charge >= 0.3 is 5.97 Å². The number of carboxylic acids is 1. The van der Waals surface area contributed by atoms with Crippen molar-refractivity contribution in [3.05, 3.63) is 0 Å². The van der Waals surface area contributed by atoms with Crippen LogP contribution in [0.25, 0.3) is 0 Å². The van der Waals surface area contributed by atoms with E-state index in [4.69, 9.17) is 5.11 Å². The quantitative estimate of drug-likeness (QED) is 0.378. The van der Waals surface area contributed by atoms with Crippen LogP contribution < -0.4 is 0 Å². The molecule has 0 radical (unpaired) electrons. The minimum Gasteiger partial charge on any atom is -0.481 e. The standard InChI is InChI=1S/C22H38O5/c1-2-3-8-11-17(23)14-15-19-18(20(24)16-21(19)25)12-9-6-4-5-7-10-13-22(26)27/h18-19,21,25H,2-16H2,1H3,(H,26,27)/t18-,19-,21-/m1/s1. The molecule has 0 aliphatic heterocycles. The molecule has 0 saturated heterocycles. The van der Waals surface area contributed by atoms with Crippen LogP contribution in [-0.2, 0) is 14.4 Å². The Morgan fingerprint density at radius 3 is 2.19 bits per heavy atom. The van der Waals surface area contributed by atoms with Gasteiger partial charge in [-0.2, -0.15) is 0 Å². The molecule has 3 atom stereocenters. The third-order valence-electron chi connectivity index (χ3n) is 5.81. The average Bonchev–Trinajstić information content (AvgIpc) is 2.88. The predicted molar refractivity (Wildman–Crippen MR) is 106 cm³/mol. The van der Waals surface area contributed by atoms with Gasteiger partial charge in [-0.3, -0.25) is 14.4 Å². The van der Waals surface area contributed by atoms with Crippen LogP contribution in [0.4, 0.5) is 0 Å². The minimum absolute atomic E-state index is 0.0526. The number of ketones is 2. The van der Waals surface area contributed by atoms with Crippen molar-refractivity contribution in [1.82, 2.24) is 0 Å². The molecular formula is C22H38O5. The minimum atomic E-state index is -0.733. The van der Waals surface area contributed by atoms with E-state index in [-0.39, 0.29) is 36.2 Å². The van der Waals surface area contributed by atoms with E-state index < -0.39 is 12.1 Å². The van der Waals surface area contributed by atoms with Crippen molar-refractivity contribution >= 4 is 17.5 Å². The molecule has 0 heterocycles. The highest BCUT2D eigenvalue weighted by atomic mass is 16.4. The number of carbonyl (C=O) groups is 3. The second-order valence-corrected chi connectivity index (χ2v) is 8.10. The molecular weight excluding hydrogens is 344 g/mol. The van der Waals surface area contributed by atoms with Gasteiger partial charge in [0, 0.05) is 31.6 Å². The van der Waals surface area contributed by atoms with Crippen molar-refractivity contribution in [1.29, 1.82) is 0 Å². The second-order valence-electron chi connectivity index (χ2n) is 8.10. The first-order valence-electron chi connectivity index (χ1n) is 10.9. The lowest BCUT2D eigenvalue weighted by atomic mass is 9.85. The lowest BCUT2D eigenvalue weighted by molar-refractivity contribution is -0.137. The summed E-state index contributed by atoms with van der Waals surface area (Å²) >= 11 is 0. The Labute approximate surface area is 163 Å². The van der Waals surface area contributed by atoms with Gasteiger partial charge in [0.1, 0.15) is 11.6 Å². The molecule has 156 valence electrons.